The number of aromatic nitrogens is 1. The number of halogens is 2. The molecule has 1 saturated carbocycles. The Morgan fingerprint density at radius 2 is 2.04 bits per heavy atom. The summed E-state index contributed by atoms with van der Waals surface area (Å²) in [6.45, 7) is 4.81. The van der Waals surface area contributed by atoms with Crippen LogP contribution in [0.2, 0.25) is 0 Å². The fourth-order valence-electron chi connectivity index (χ4n) is 4.41. The van der Waals surface area contributed by atoms with Crippen molar-refractivity contribution in [3.8, 4) is 0 Å². The van der Waals surface area contributed by atoms with E-state index in [0.717, 1.165) is 30.4 Å². The lowest BCUT2D eigenvalue weighted by Gasteiger charge is -2.65. The number of amides is 1. The molecule has 4 rings (SSSR count). The van der Waals surface area contributed by atoms with Gasteiger partial charge in [-0.15, -0.1) is 24.8 Å². The monoisotopic (exact) mass is 397 g/mol. The molecule has 26 heavy (non-hydrogen) atoms. The normalized spacial score (nSPS) is 28.7. The summed E-state index contributed by atoms with van der Waals surface area (Å²) in [5, 5.41) is 3.98. The Morgan fingerprint density at radius 3 is 2.81 bits per heavy atom. The van der Waals surface area contributed by atoms with Crippen molar-refractivity contribution in [2.24, 2.45) is 17.1 Å². The van der Waals surface area contributed by atoms with Gasteiger partial charge in [-0.1, -0.05) is 32.0 Å². The largest absolute Gasteiger partial charge is 0.377 e. The lowest BCUT2D eigenvalue weighted by molar-refractivity contribution is -0.222. The number of hydrogen-bond donors (Lipinski definition) is 2. The zero-order chi connectivity index (χ0) is 16.9. The molecule has 1 aliphatic carbocycles. The number of nitrogens with two attached hydrogens (primary N) is 1. The maximum absolute atomic E-state index is 13.0. The minimum atomic E-state index is -0.913. The first kappa shape index (κ1) is 20.9. The standard InChI is InChI=1S/C19H23N3O2.2ClH/c1-18(2)16-14(7-5-9-24-16)19(18,20)17(23)22-13-10-12-6-3-4-8-15(12)21-11-13;;/h3-4,6,8,10-11,14,16H,5,7,9,20H2,1-2H3,(H,22,23);2*1H. The lowest BCUT2D eigenvalue weighted by Crippen LogP contribution is -2.81. The Bertz CT molecular complexity index is 814. The summed E-state index contributed by atoms with van der Waals surface area (Å²) in [4.78, 5) is 17.4. The first-order valence-corrected chi connectivity index (χ1v) is 8.51. The third-order valence-corrected chi connectivity index (χ3v) is 5.91. The van der Waals surface area contributed by atoms with Crippen molar-refractivity contribution in [2.75, 3.05) is 11.9 Å². The number of ether oxygens (including phenoxy) is 1. The first-order valence-electron chi connectivity index (χ1n) is 8.51. The Labute approximate surface area is 165 Å². The number of para-hydroxylation sites is 1. The molecule has 3 N–H and O–H groups in total. The summed E-state index contributed by atoms with van der Waals surface area (Å²) in [5.74, 6) is -0.0639. The van der Waals surface area contributed by atoms with E-state index < -0.39 is 5.54 Å². The van der Waals surface area contributed by atoms with E-state index in [-0.39, 0.29) is 48.2 Å². The maximum atomic E-state index is 13.0. The summed E-state index contributed by atoms with van der Waals surface area (Å²) in [6, 6.07) is 9.77. The van der Waals surface area contributed by atoms with Gasteiger partial charge in [0.05, 0.1) is 23.5 Å². The van der Waals surface area contributed by atoms with Crippen LogP contribution in [0, 0.1) is 11.3 Å². The lowest BCUT2D eigenvalue weighted by atomic mass is 9.46. The number of nitrogens with one attached hydrogen (secondary N) is 1. The average Bonchev–Trinajstić information content (AvgIpc) is 2.60. The van der Waals surface area contributed by atoms with Crippen molar-refractivity contribution in [3.05, 3.63) is 36.5 Å². The van der Waals surface area contributed by atoms with Gasteiger partial charge in [0.2, 0.25) is 5.91 Å². The molecule has 142 valence electrons. The average molecular weight is 398 g/mol. The fourth-order valence-corrected chi connectivity index (χ4v) is 4.41. The van der Waals surface area contributed by atoms with E-state index >= 15 is 0 Å². The zero-order valence-electron chi connectivity index (χ0n) is 14.9. The van der Waals surface area contributed by atoms with Gasteiger partial charge in [0, 0.05) is 23.3 Å². The molecule has 3 atom stereocenters. The highest BCUT2D eigenvalue weighted by Gasteiger charge is 2.70. The summed E-state index contributed by atoms with van der Waals surface area (Å²) < 4.78 is 5.87. The van der Waals surface area contributed by atoms with Crippen LogP contribution in [0.3, 0.4) is 0 Å². The van der Waals surface area contributed by atoms with Gasteiger partial charge in [-0.05, 0) is 25.0 Å². The number of anilines is 1. The Morgan fingerprint density at radius 1 is 1.31 bits per heavy atom. The van der Waals surface area contributed by atoms with E-state index in [4.69, 9.17) is 10.5 Å². The Hall–Kier alpha value is -1.40. The van der Waals surface area contributed by atoms with Gasteiger partial charge in [-0.25, -0.2) is 0 Å². The van der Waals surface area contributed by atoms with Gasteiger partial charge in [0.25, 0.3) is 0 Å². The van der Waals surface area contributed by atoms with Crippen LogP contribution in [-0.2, 0) is 9.53 Å². The third kappa shape index (κ3) is 2.87. The van der Waals surface area contributed by atoms with Crippen molar-refractivity contribution in [3.63, 3.8) is 0 Å². The van der Waals surface area contributed by atoms with Crippen LogP contribution >= 0.6 is 24.8 Å². The third-order valence-electron chi connectivity index (χ3n) is 5.91. The van der Waals surface area contributed by atoms with Crippen LogP contribution in [0.15, 0.2) is 36.5 Å². The molecule has 1 amide bonds. The predicted octanol–water partition coefficient (Wildman–Crippen LogP) is 3.55. The summed E-state index contributed by atoms with van der Waals surface area (Å²) in [5.41, 5.74) is 6.92. The highest BCUT2D eigenvalue weighted by molar-refractivity contribution is 6.01. The Balaban J connectivity index is 0.00000121. The molecule has 2 aliphatic rings. The number of rotatable bonds is 2. The molecule has 2 heterocycles. The molecule has 1 aliphatic heterocycles. The molecule has 0 bridgehead atoms. The van der Waals surface area contributed by atoms with Crippen molar-refractivity contribution in [1.82, 2.24) is 4.98 Å². The number of hydrogen-bond acceptors (Lipinski definition) is 4. The van der Waals surface area contributed by atoms with E-state index in [1.165, 1.54) is 0 Å². The van der Waals surface area contributed by atoms with Crippen LogP contribution in [0.4, 0.5) is 5.69 Å². The molecule has 1 aromatic heterocycles. The van der Waals surface area contributed by atoms with Crippen molar-refractivity contribution in [2.45, 2.75) is 38.3 Å². The minimum absolute atomic E-state index is 0. The zero-order valence-corrected chi connectivity index (χ0v) is 16.5. The van der Waals surface area contributed by atoms with Gasteiger partial charge in [-0.2, -0.15) is 0 Å². The quantitative estimate of drug-likeness (QED) is 0.811. The number of benzene rings is 1. The van der Waals surface area contributed by atoms with E-state index in [1.54, 1.807) is 6.20 Å². The molecular formula is C19H25Cl2N3O2. The molecule has 1 aromatic carbocycles. The SMILES string of the molecule is CC1(C)C2OCCCC2C1(N)C(=O)Nc1cnc2ccccc2c1.Cl.Cl. The number of carbonyl (C=O) groups is 1. The van der Waals surface area contributed by atoms with E-state index in [1.807, 2.05) is 44.2 Å². The molecule has 5 nitrogen and oxygen atoms in total. The first-order chi connectivity index (χ1) is 11.4. The molecule has 1 saturated heterocycles. The molecule has 3 unspecified atom stereocenters. The molecule has 0 radical (unpaired) electrons. The molecule has 0 spiro atoms. The second kappa shape index (κ2) is 7.31. The number of carbonyl (C=O) groups excluding carboxylic acids is 1. The van der Waals surface area contributed by atoms with Crippen molar-refractivity contribution >= 4 is 47.3 Å². The summed E-state index contributed by atoms with van der Waals surface area (Å²) >= 11 is 0. The predicted molar refractivity (Wildman–Crippen MR) is 108 cm³/mol. The smallest absolute Gasteiger partial charge is 0.245 e. The van der Waals surface area contributed by atoms with Crippen LogP contribution in [-0.4, -0.2) is 29.1 Å². The van der Waals surface area contributed by atoms with Crippen molar-refractivity contribution < 1.29 is 9.53 Å². The van der Waals surface area contributed by atoms with Crippen LogP contribution in [0.1, 0.15) is 26.7 Å². The second-order valence-electron chi connectivity index (χ2n) is 7.50. The molecule has 7 heteroatoms. The topological polar surface area (TPSA) is 77.2 Å². The van der Waals surface area contributed by atoms with E-state index in [9.17, 15) is 4.79 Å². The summed E-state index contributed by atoms with van der Waals surface area (Å²) in [6.07, 6.45) is 3.65. The van der Waals surface area contributed by atoms with Gasteiger partial charge < -0.3 is 15.8 Å². The molecule has 2 fully saturated rings. The Kier molecular flexibility index (Phi) is 5.88. The minimum Gasteiger partial charge on any atom is -0.377 e. The highest BCUT2D eigenvalue weighted by atomic mass is 35.5. The molecule has 2 aromatic rings. The van der Waals surface area contributed by atoms with Gasteiger partial charge in [0.1, 0.15) is 5.54 Å². The number of nitrogens with zero attached hydrogens (tertiary/aromatic N) is 1. The van der Waals surface area contributed by atoms with E-state index in [2.05, 4.69) is 10.3 Å². The van der Waals surface area contributed by atoms with Crippen LogP contribution < -0.4 is 11.1 Å². The van der Waals surface area contributed by atoms with Gasteiger partial charge in [0.15, 0.2) is 0 Å². The fraction of sp³-hybridized carbons (Fsp3) is 0.474. The van der Waals surface area contributed by atoms with Gasteiger partial charge >= 0.3 is 0 Å². The maximum Gasteiger partial charge on any atom is 0.245 e. The number of fused-ring (bicyclic) bond motifs is 2. The number of pyridine rings is 1. The van der Waals surface area contributed by atoms with Gasteiger partial charge in [-0.3, -0.25) is 9.78 Å². The summed E-state index contributed by atoms with van der Waals surface area (Å²) in [7, 11) is 0. The van der Waals surface area contributed by atoms with Crippen LogP contribution in [0.25, 0.3) is 10.9 Å². The molecular weight excluding hydrogens is 373 g/mol. The highest BCUT2D eigenvalue weighted by Crippen LogP contribution is 2.57. The van der Waals surface area contributed by atoms with Crippen molar-refractivity contribution in [1.29, 1.82) is 0 Å². The second-order valence-corrected chi connectivity index (χ2v) is 7.50. The van der Waals surface area contributed by atoms with E-state index in [0.29, 0.717) is 5.69 Å². The van der Waals surface area contributed by atoms with Crippen LogP contribution in [0.5, 0.6) is 0 Å².